The van der Waals surface area contributed by atoms with Gasteiger partial charge in [-0.25, -0.2) is 22.2 Å². The average Bonchev–Trinajstić information content (AvgIpc) is 3.23. The van der Waals surface area contributed by atoms with Gasteiger partial charge in [-0.3, -0.25) is 9.13 Å². The Balaban J connectivity index is 1.84. The maximum absolute atomic E-state index is 13.3. The van der Waals surface area contributed by atoms with Crippen molar-refractivity contribution < 1.29 is 8.42 Å². The van der Waals surface area contributed by atoms with Crippen molar-refractivity contribution in [2.75, 3.05) is 0 Å². The largest absolute Gasteiger partial charge is 0.329 e. The Morgan fingerprint density at radius 3 is 2.50 bits per heavy atom. The number of halogens is 1. The van der Waals surface area contributed by atoms with E-state index in [2.05, 4.69) is 20.9 Å². The van der Waals surface area contributed by atoms with Crippen LogP contribution < -0.4 is 5.69 Å². The first-order valence-corrected chi connectivity index (χ1v) is 12.2. The predicted octanol–water partition coefficient (Wildman–Crippen LogP) is 4.19. The van der Waals surface area contributed by atoms with Crippen molar-refractivity contribution in [3.05, 3.63) is 57.7 Å². The summed E-state index contributed by atoms with van der Waals surface area (Å²) in [5.74, 6) is 0. The van der Waals surface area contributed by atoms with Crippen LogP contribution in [-0.4, -0.2) is 26.5 Å². The van der Waals surface area contributed by atoms with E-state index in [1.165, 1.54) is 10.4 Å². The number of hydrogen-bond donors (Lipinski definition) is 0. The van der Waals surface area contributed by atoms with Crippen molar-refractivity contribution in [1.29, 1.82) is 0 Å². The molecular formula is C21H21BrN4O3S. The van der Waals surface area contributed by atoms with Gasteiger partial charge >= 0.3 is 5.69 Å². The number of aromatic nitrogens is 4. The lowest BCUT2D eigenvalue weighted by atomic mass is 9.95. The third-order valence-corrected chi connectivity index (χ3v) is 8.55. The van der Waals surface area contributed by atoms with Crippen LogP contribution in [0.4, 0.5) is 0 Å². The van der Waals surface area contributed by atoms with Crippen molar-refractivity contribution in [2.24, 2.45) is 7.05 Å². The molecule has 9 heteroatoms. The maximum atomic E-state index is 13.3. The molecule has 1 aromatic carbocycles. The van der Waals surface area contributed by atoms with Crippen molar-refractivity contribution in [2.45, 2.75) is 43.0 Å². The molecule has 5 rings (SSSR count). The van der Waals surface area contributed by atoms with Gasteiger partial charge in [0.1, 0.15) is 4.60 Å². The highest BCUT2D eigenvalue weighted by molar-refractivity contribution is 9.10. The highest BCUT2D eigenvalue weighted by atomic mass is 79.9. The van der Waals surface area contributed by atoms with Crippen LogP contribution in [0.3, 0.4) is 0 Å². The summed E-state index contributed by atoms with van der Waals surface area (Å²) in [5.41, 5.74) is 1.69. The molecule has 4 aromatic rings. The molecule has 30 heavy (non-hydrogen) atoms. The Morgan fingerprint density at radius 2 is 1.80 bits per heavy atom. The number of aryl methyl sites for hydroxylation is 1. The molecular weight excluding hydrogens is 468 g/mol. The summed E-state index contributed by atoms with van der Waals surface area (Å²) in [5, 5.41) is 0.655. The van der Waals surface area contributed by atoms with E-state index in [-0.39, 0.29) is 16.6 Å². The second-order valence-electron chi connectivity index (χ2n) is 7.78. The van der Waals surface area contributed by atoms with Gasteiger partial charge in [0.15, 0.2) is 5.65 Å². The number of fused-ring (bicyclic) bond motifs is 3. The normalized spacial score (nSPS) is 15.9. The summed E-state index contributed by atoms with van der Waals surface area (Å²) in [6, 6.07) is 10.2. The molecule has 3 aromatic heterocycles. The molecule has 0 N–H and O–H groups in total. The fourth-order valence-corrected chi connectivity index (χ4v) is 6.87. The van der Waals surface area contributed by atoms with Crippen molar-refractivity contribution in [1.82, 2.24) is 18.1 Å². The number of imidazole rings is 1. The molecule has 3 heterocycles. The highest BCUT2D eigenvalue weighted by Gasteiger charge is 2.28. The van der Waals surface area contributed by atoms with Gasteiger partial charge in [0.2, 0.25) is 0 Å². The van der Waals surface area contributed by atoms with Crippen LogP contribution in [0.25, 0.3) is 22.1 Å². The molecule has 1 fully saturated rings. The first kappa shape index (κ1) is 19.6. The number of pyridine rings is 1. The third-order valence-electron chi connectivity index (χ3n) is 6.01. The number of benzene rings is 1. The first-order chi connectivity index (χ1) is 14.4. The molecule has 0 aliphatic heterocycles. The molecule has 0 spiro atoms. The van der Waals surface area contributed by atoms with E-state index in [1.54, 1.807) is 54.2 Å². The zero-order valence-electron chi connectivity index (χ0n) is 16.5. The van der Waals surface area contributed by atoms with Crippen molar-refractivity contribution in [3.8, 4) is 0 Å². The van der Waals surface area contributed by atoms with Gasteiger partial charge < -0.3 is 0 Å². The Kier molecular flexibility index (Phi) is 4.62. The first-order valence-electron chi connectivity index (χ1n) is 9.99. The summed E-state index contributed by atoms with van der Waals surface area (Å²) >= 11 is 3.42. The number of nitrogens with zero attached hydrogens (tertiary/aromatic N) is 4. The zero-order chi connectivity index (χ0) is 21.0. The van der Waals surface area contributed by atoms with Gasteiger partial charge in [0.05, 0.1) is 22.1 Å². The van der Waals surface area contributed by atoms with Crippen LogP contribution in [-0.2, 0) is 17.1 Å². The van der Waals surface area contributed by atoms with Gasteiger partial charge in [-0.15, -0.1) is 0 Å². The van der Waals surface area contributed by atoms with E-state index in [4.69, 9.17) is 0 Å². The van der Waals surface area contributed by atoms with Crippen LogP contribution in [0.5, 0.6) is 0 Å². The fourth-order valence-electron chi connectivity index (χ4n) is 4.53. The Labute approximate surface area is 182 Å². The molecule has 1 aliphatic carbocycles. The molecule has 0 atom stereocenters. The lowest BCUT2D eigenvalue weighted by Crippen LogP contribution is -2.27. The fraction of sp³-hybridized carbons (Fsp3) is 0.333. The summed E-state index contributed by atoms with van der Waals surface area (Å²) in [6.07, 6.45) is 6.87. The lowest BCUT2D eigenvalue weighted by Gasteiger charge is -2.23. The molecule has 156 valence electrons. The molecule has 0 radical (unpaired) electrons. The minimum Gasteiger partial charge on any atom is -0.293 e. The molecule has 0 amide bonds. The van der Waals surface area contributed by atoms with Crippen molar-refractivity contribution in [3.63, 3.8) is 0 Å². The standard InChI is InChI=1S/C21H21BrN4O3S/c1-24-17-13-23-20-16(19(17)25(21(24)27)14-8-4-2-5-9-14)12-18(22)26(20)30(28,29)15-10-6-3-7-11-15/h3,6-7,10-14H,2,4-5,8-9H2,1H3. The van der Waals surface area contributed by atoms with Crippen LogP contribution in [0, 0.1) is 0 Å². The van der Waals surface area contributed by atoms with Gasteiger partial charge in [-0.1, -0.05) is 37.5 Å². The van der Waals surface area contributed by atoms with E-state index < -0.39 is 10.0 Å². The summed E-state index contributed by atoms with van der Waals surface area (Å²) in [6.45, 7) is 0. The second-order valence-corrected chi connectivity index (χ2v) is 10.4. The minimum atomic E-state index is -3.85. The molecule has 1 aliphatic rings. The van der Waals surface area contributed by atoms with E-state index in [0.29, 0.717) is 21.2 Å². The molecule has 7 nitrogen and oxygen atoms in total. The lowest BCUT2D eigenvalue weighted by molar-refractivity contribution is 0.351. The molecule has 0 saturated heterocycles. The van der Waals surface area contributed by atoms with Gasteiger partial charge in [0, 0.05) is 18.5 Å². The van der Waals surface area contributed by atoms with Gasteiger partial charge in [-0.2, -0.15) is 0 Å². The second kappa shape index (κ2) is 7.09. The van der Waals surface area contributed by atoms with Crippen LogP contribution >= 0.6 is 15.9 Å². The Hall–Kier alpha value is -2.39. The van der Waals surface area contributed by atoms with E-state index in [1.807, 2.05) is 4.57 Å². The molecule has 0 bridgehead atoms. The van der Waals surface area contributed by atoms with Gasteiger partial charge in [0.25, 0.3) is 10.0 Å². The summed E-state index contributed by atoms with van der Waals surface area (Å²) < 4.78 is 31.7. The third kappa shape index (κ3) is 2.79. The zero-order valence-corrected chi connectivity index (χ0v) is 18.9. The minimum absolute atomic E-state index is 0.0824. The average molecular weight is 489 g/mol. The smallest absolute Gasteiger partial charge is 0.293 e. The molecule has 0 unspecified atom stereocenters. The van der Waals surface area contributed by atoms with Crippen LogP contribution in [0.2, 0.25) is 0 Å². The van der Waals surface area contributed by atoms with Crippen molar-refractivity contribution >= 4 is 48.0 Å². The SMILES string of the molecule is Cn1c(=O)n(C2CCCCC2)c2c3cc(Br)n(S(=O)(=O)c4ccccc4)c3ncc21. The monoisotopic (exact) mass is 488 g/mol. The topological polar surface area (TPSA) is 78.9 Å². The van der Waals surface area contributed by atoms with Gasteiger partial charge in [-0.05, 0) is 47.0 Å². The van der Waals surface area contributed by atoms with Crippen LogP contribution in [0.1, 0.15) is 38.1 Å². The number of rotatable bonds is 3. The molecule has 1 saturated carbocycles. The Morgan fingerprint density at radius 1 is 1.10 bits per heavy atom. The predicted molar refractivity (Wildman–Crippen MR) is 119 cm³/mol. The maximum Gasteiger partial charge on any atom is 0.329 e. The quantitative estimate of drug-likeness (QED) is 0.432. The highest BCUT2D eigenvalue weighted by Crippen LogP contribution is 2.35. The van der Waals surface area contributed by atoms with Crippen LogP contribution in [0.15, 0.2) is 56.9 Å². The van der Waals surface area contributed by atoms with E-state index in [0.717, 1.165) is 31.2 Å². The summed E-state index contributed by atoms with van der Waals surface area (Å²) in [7, 11) is -2.11. The van der Waals surface area contributed by atoms with E-state index >= 15 is 0 Å². The Bertz CT molecular complexity index is 1430. The van der Waals surface area contributed by atoms with E-state index in [9.17, 15) is 13.2 Å². The summed E-state index contributed by atoms with van der Waals surface area (Å²) in [4.78, 5) is 17.7. The number of hydrogen-bond acceptors (Lipinski definition) is 4.